The van der Waals surface area contributed by atoms with Crippen molar-refractivity contribution < 1.29 is 5.11 Å². The lowest BCUT2D eigenvalue weighted by atomic mass is 10.4. The molecule has 2 aromatic heterocycles. The number of hydrogen-bond donors (Lipinski definition) is 1. The number of thioether (sulfide) groups is 1. The van der Waals surface area contributed by atoms with Gasteiger partial charge in [-0.1, -0.05) is 13.0 Å². The molecule has 1 N–H and O–H groups in total. The Hall–Kier alpha value is -1.00. The molecule has 0 fully saturated rings. The topological polar surface area (TPSA) is 37.5 Å². The highest BCUT2D eigenvalue weighted by Gasteiger charge is 2.09. The number of pyridine rings is 1. The van der Waals surface area contributed by atoms with Gasteiger partial charge in [-0.2, -0.15) is 0 Å². The van der Waals surface area contributed by atoms with E-state index in [0.29, 0.717) is 0 Å². The van der Waals surface area contributed by atoms with Crippen LogP contribution in [-0.2, 0) is 6.61 Å². The number of aliphatic hydroxyl groups is 1. The number of nitrogens with zero attached hydrogens (tertiary/aromatic N) is 2. The van der Waals surface area contributed by atoms with E-state index < -0.39 is 0 Å². The number of aromatic nitrogens is 2. The predicted molar refractivity (Wildman–Crippen MR) is 57.5 cm³/mol. The first-order valence-corrected chi connectivity index (χ1v) is 5.55. The fourth-order valence-corrected chi connectivity index (χ4v) is 2.18. The van der Waals surface area contributed by atoms with Crippen LogP contribution in [0.15, 0.2) is 29.4 Å². The SMILES string of the molecule is CCSc1nc2ccccn2c1CO. The van der Waals surface area contributed by atoms with Crippen LogP contribution in [0.3, 0.4) is 0 Å². The maximum atomic E-state index is 9.26. The maximum Gasteiger partial charge on any atom is 0.138 e. The lowest BCUT2D eigenvalue weighted by Crippen LogP contribution is -1.92. The van der Waals surface area contributed by atoms with E-state index in [0.717, 1.165) is 22.1 Å². The van der Waals surface area contributed by atoms with E-state index in [-0.39, 0.29) is 6.61 Å². The minimum atomic E-state index is 0.0352. The van der Waals surface area contributed by atoms with Gasteiger partial charge in [0.15, 0.2) is 0 Å². The Morgan fingerprint density at radius 3 is 3.07 bits per heavy atom. The molecule has 0 amide bonds. The lowest BCUT2D eigenvalue weighted by Gasteiger charge is -1.98. The molecular weight excluding hydrogens is 196 g/mol. The number of fused-ring (bicyclic) bond motifs is 1. The molecule has 0 saturated heterocycles. The van der Waals surface area contributed by atoms with Crippen LogP contribution in [0.25, 0.3) is 5.65 Å². The Kier molecular flexibility index (Phi) is 2.74. The number of imidazole rings is 1. The summed E-state index contributed by atoms with van der Waals surface area (Å²) in [6, 6.07) is 5.83. The molecule has 2 aromatic rings. The number of rotatable bonds is 3. The van der Waals surface area contributed by atoms with Crippen LogP contribution in [-0.4, -0.2) is 20.2 Å². The van der Waals surface area contributed by atoms with Crippen molar-refractivity contribution in [1.82, 2.24) is 9.38 Å². The Morgan fingerprint density at radius 2 is 2.36 bits per heavy atom. The first-order chi connectivity index (χ1) is 6.86. The number of aliphatic hydroxyl groups excluding tert-OH is 1. The zero-order valence-electron chi connectivity index (χ0n) is 7.97. The van der Waals surface area contributed by atoms with E-state index in [1.165, 1.54) is 0 Å². The fraction of sp³-hybridized carbons (Fsp3) is 0.300. The third-order valence-electron chi connectivity index (χ3n) is 2.02. The third-order valence-corrected chi connectivity index (χ3v) is 2.91. The Bertz CT molecular complexity index is 439. The van der Waals surface area contributed by atoms with Gasteiger partial charge < -0.3 is 9.51 Å². The Morgan fingerprint density at radius 1 is 1.50 bits per heavy atom. The monoisotopic (exact) mass is 208 g/mol. The summed E-state index contributed by atoms with van der Waals surface area (Å²) in [6.07, 6.45) is 1.92. The van der Waals surface area contributed by atoms with E-state index in [4.69, 9.17) is 0 Å². The van der Waals surface area contributed by atoms with Crippen LogP contribution in [0.4, 0.5) is 0 Å². The molecule has 0 atom stereocenters. The smallest absolute Gasteiger partial charge is 0.138 e. The summed E-state index contributed by atoms with van der Waals surface area (Å²) in [5.41, 5.74) is 1.78. The highest BCUT2D eigenvalue weighted by atomic mass is 32.2. The summed E-state index contributed by atoms with van der Waals surface area (Å²) in [4.78, 5) is 4.44. The molecule has 14 heavy (non-hydrogen) atoms. The van der Waals surface area contributed by atoms with Crippen molar-refractivity contribution in [2.45, 2.75) is 18.6 Å². The van der Waals surface area contributed by atoms with Gasteiger partial charge in [-0.15, -0.1) is 11.8 Å². The van der Waals surface area contributed by atoms with E-state index >= 15 is 0 Å². The zero-order valence-corrected chi connectivity index (χ0v) is 8.79. The largest absolute Gasteiger partial charge is 0.390 e. The fourth-order valence-electron chi connectivity index (χ4n) is 1.42. The molecule has 2 rings (SSSR count). The summed E-state index contributed by atoms with van der Waals surface area (Å²) < 4.78 is 1.93. The normalized spacial score (nSPS) is 11.0. The van der Waals surface area contributed by atoms with Crippen molar-refractivity contribution in [3.05, 3.63) is 30.1 Å². The average Bonchev–Trinajstić information content (AvgIpc) is 2.55. The molecule has 0 aliphatic rings. The van der Waals surface area contributed by atoms with Gasteiger partial charge in [0.1, 0.15) is 10.7 Å². The van der Waals surface area contributed by atoms with Crippen molar-refractivity contribution in [3.8, 4) is 0 Å². The van der Waals surface area contributed by atoms with Crippen LogP contribution < -0.4 is 0 Å². The van der Waals surface area contributed by atoms with Gasteiger partial charge in [-0.25, -0.2) is 4.98 Å². The summed E-state index contributed by atoms with van der Waals surface area (Å²) in [5.74, 6) is 0.969. The van der Waals surface area contributed by atoms with Crippen LogP contribution in [0.5, 0.6) is 0 Å². The molecule has 0 aliphatic heterocycles. The van der Waals surface area contributed by atoms with Crippen molar-refractivity contribution in [2.24, 2.45) is 0 Å². The Balaban J connectivity index is 2.60. The van der Waals surface area contributed by atoms with Gasteiger partial charge in [0.2, 0.25) is 0 Å². The quantitative estimate of drug-likeness (QED) is 0.783. The summed E-state index contributed by atoms with van der Waals surface area (Å²) in [6.45, 7) is 2.11. The van der Waals surface area contributed by atoms with E-state index in [1.54, 1.807) is 11.8 Å². The summed E-state index contributed by atoms with van der Waals surface area (Å²) >= 11 is 1.66. The molecule has 3 nitrogen and oxygen atoms in total. The minimum Gasteiger partial charge on any atom is -0.390 e. The van der Waals surface area contributed by atoms with Gasteiger partial charge in [-0.3, -0.25) is 0 Å². The van der Waals surface area contributed by atoms with Crippen LogP contribution in [0.2, 0.25) is 0 Å². The molecule has 0 spiro atoms. The average molecular weight is 208 g/mol. The summed E-state index contributed by atoms with van der Waals surface area (Å²) in [7, 11) is 0. The number of hydrogen-bond acceptors (Lipinski definition) is 3. The summed E-state index contributed by atoms with van der Waals surface area (Å²) in [5, 5.41) is 10.2. The molecule has 0 saturated carbocycles. The van der Waals surface area contributed by atoms with Gasteiger partial charge >= 0.3 is 0 Å². The zero-order chi connectivity index (χ0) is 9.97. The molecule has 0 radical (unpaired) electrons. The predicted octanol–water partition coefficient (Wildman–Crippen LogP) is 1.94. The van der Waals surface area contributed by atoms with Gasteiger partial charge in [0, 0.05) is 6.20 Å². The van der Waals surface area contributed by atoms with Crippen molar-refractivity contribution >= 4 is 17.4 Å². The van der Waals surface area contributed by atoms with Crippen molar-refractivity contribution in [2.75, 3.05) is 5.75 Å². The van der Waals surface area contributed by atoms with Gasteiger partial charge in [0.05, 0.1) is 12.3 Å². The molecule has 0 aliphatic carbocycles. The third kappa shape index (κ3) is 1.51. The van der Waals surface area contributed by atoms with Crippen LogP contribution >= 0.6 is 11.8 Å². The molecule has 0 bridgehead atoms. The van der Waals surface area contributed by atoms with Gasteiger partial charge in [-0.05, 0) is 17.9 Å². The molecule has 0 aromatic carbocycles. The van der Waals surface area contributed by atoms with Crippen molar-refractivity contribution in [1.29, 1.82) is 0 Å². The molecule has 74 valence electrons. The second-order valence-corrected chi connectivity index (χ2v) is 4.14. The molecule has 0 unspecified atom stereocenters. The maximum absolute atomic E-state index is 9.26. The lowest BCUT2D eigenvalue weighted by molar-refractivity contribution is 0.272. The van der Waals surface area contributed by atoms with E-state index in [2.05, 4.69) is 11.9 Å². The first kappa shape index (κ1) is 9.55. The first-order valence-electron chi connectivity index (χ1n) is 4.56. The Labute approximate surface area is 86.8 Å². The molecular formula is C10H12N2OS. The highest BCUT2D eigenvalue weighted by Crippen LogP contribution is 2.22. The second kappa shape index (κ2) is 4.02. The second-order valence-electron chi connectivity index (χ2n) is 2.88. The van der Waals surface area contributed by atoms with Crippen LogP contribution in [0.1, 0.15) is 12.6 Å². The van der Waals surface area contributed by atoms with Crippen LogP contribution in [0, 0.1) is 0 Å². The van der Waals surface area contributed by atoms with Gasteiger partial charge in [0.25, 0.3) is 0 Å². The van der Waals surface area contributed by atoms with Crippen molar-refractivity contribution in [3.63, 3.8) is 0 Å². The highest BCUT2D eigenvalue weighted by molar-refractivity contribution is 7.99. The standard InChI is InChI=1S/C10H12N2OS/c1-2-14-10-8(7-13)12-6-4-3-5-9(12)11-10/h3-6,13H,2,7H2,1H3. The molecule has 2 heterocycles. The van der Waals surface area contributed by atoms with E-state index in [1.807, 2.05) is 28.8 Å². The minimum absolute atomic E-state index is 0.0352. The molecule has 4 heteroatoms. The van der Waals surface area contributed by atoms with E-state index in [9.17, 15) is 5.11 Å².